The van der Waals surface area contributed by atoms with Crippen LogP contribution in [-0.2, 0) is 17.8 Å². The molecule has 0 atom stereocenters. The van der Waals surface area contributed by atoms with Gasteiger partial charge in [0.2, 0.25) is 5.91 Å². The Labute approximate surface area is 151 Å². The normalized spacial score (nSPS) is 11.2. The molecule has 0 aliphatic carbocycles. The number of hydrogen-bond donors (Lipinski definition) is 1. The molecule has 1 amide bonds. The van der Waals surface area contributed by atoms with Crippen LogP contribution in [-0.4, -0.2) is 20.4 Å². The summed E-state index contributed by atoms with van der Waals surface area (Å²) in [5.41, 5.74) is 4.68. The van der Waals surface area contributed by atoms with E-state index in [1.165, 1.54) is 0 Å². The van der Waals surface area contributed by atoms with Crippen LogP contribution >= 0.6 is 0 Å². The van der Waals surface area contributed by atoms with E-state index in [4.69, 9.17) is 0 Å². The summed E-state index contributed by atoms with van der Waals surface area (Å²) < 4.78 is 1.99. The van der Waals surface area contributed by atoms with Gasteiger partial charge >= 0.3 is 0 Å². The summed E-state index contributed by atoms with van der Waals surface area (Å²) in [6.07, 6.45) is 2.55. The van der Waals surface area contributed by atoms with Gasteiger partial charge in [0.05, 0.1) is 22.2 Å². The quantitative estimate of drug-likeness (QED) is 0.606. The van der Waals surface area contributed by atoms with Gasteiger partial charge in [0.25, 0.3) is 0 Å². The summed E-state index contributed by atoms with van der Waals surface area (Å²) in [4.78, 5) is 21.8. The van der Waals surface area contributed by atoms with Gasteiger partial charge in [0, 0.05) is 18.0 Å². The lowest BCUT2D eigenvalue weighted by atomic mass is 10.1. The van der Waals surface area contributed by atoms with Gasteiger partial charge in [0.15, 0.2) is 0 Å². The number of para-hydroxylation sites is 2. The number of fused-ring (bicyclic) bond motifs is 2. The Balaban J connectivity index is 1.66. The molecular formula is C21H20N4O. The summed E-state index contributed by atoms with van der Waals surface area (Å²) in [7, 11) is 0. The molecule has 0 aliphatic rings. The largest absolute Gasteiger partial charge is 0.324 e. The molecule has 5 nitrogen and oxygen atoms in total. The molecule has 0 saturated carbocycles. The highest BCUT2D eigenvalue weighted by Crippen LogP contribution is 2.25. The minimum absolute atomic E-state index is 0.0724. The summed E-state index contributed by atoms with van der Waals surface area (Å²) in [5, 5.41) is 3.99. The molecule has 1 N–H and O–H groups in total. The zero-order valence-corrected chi connectivity index (χ0v) is 14.9. The second kappa shape index (κ2) is 6.59. The number of benzene rings is 2. The predicted molar refractivity (Wildman–Crippen MR) is 104 cm³/mol. The number of hydrogen-bond acceptors (Lipinski definition) is 3. The van der Waals surface area contributed by atoms with E-state index < -0.39 is 0 Å². The van der Waals surface area contributed by atoms with Crippen LogP contribution in [0, 0.1) is 6.92 Å². The number of rotatable bonds is 4. The molecule has 0 saturated heterocycles. The first-order valence-electron chi connectivity index (χ1n) is 8.75. The van der Waals surface area contributed by atoms with Gasteiger partial charge in [0.1, 0.15) is 12.4 Å². The Morgan fingerprint density at radius 2 is 1.96 bits per heavy atom. The number of amides is 1. The summed E-state index contributed by atoms with van der Waals surface area (Å²) >= 11 is 0. The van der Waals surface area contributed by atoms with Crippen LogP contribution in [0.3, 0.4) is 0 Å². The molecule has 2 aromatic heterocycles. The molecule has 2 aromatic carbocycles. The van der Waals surface area contributed by atoms with E-state index in [9.17, 15) is 4.79 Å². The van der Waals surface area contributed by atoms with Gasteiger partial charge < -0.3 is 9.88 Å². The van der Waals surface area contributed by atoms with Crippen molar-refractivity contribution in [3.05, 3.63) is 66.1 Å². The van der Waals surface area contributed by atoms with E-state index in [1.54, 1.807) is 6.20 Å². The number of imidazole rings is 1. The first-order chi connectivity index (χ1) is 12.7. The first-order valence-corrected chi connectivity index (χ1v) is 8.75. The van der Waals surface area contributed by atoms with Gasteiger partial charge in [-0.25, -0.2) is 4.98 Å². The maximum Gasteiger partial charge on any atom is 0.244 e. The van der Waals surface area contributed by atoms with E-state index in [0.717, 1.165) is 45.4 Å². The number of aryl methyl sites for hydroxylation is 2. The molecule has 0 fully saturated rings. The van der Waals surface area contributed by atoms with Crippen LogP contribution in [0.1, 0.15) is 18.3 Å². The Bertz CT molecular complexity index is 1110. The monoisotopic (exact) mass is 344 g/mol. The van der Waals surface area contributed by atoms with E-state index in [-0.39, 0.29) is 12.5 Å². The second-order valence-corrected chi connectivity index (χ2v) is 6.33. The highest BCUT2D eigenvalue weighted by Gasteiger charge is 2.13. The molecule has 4 rings (SSSR count). The molecule has 2 heterocycles. The van der Waals surface area contributed by atoms with Crippen molar-refractivity contribution in [2.45, 2.75) is 26.8 Å². The molecule has 4 aromatic rings. The maximum atomic E-state index is 12.7. The van der Waals surface area contributed by atoms with Crippen molar-refractivity contribution in [1.29, 1.82) is 0 Å². The average Bonchev–Trinajstić information content (AvgIpc) is 3.02. The number of carbonyl (C=O) groups excluding carboxylic acids is 1. The fourth-order valence-corrected chi connectivity index (χ4v) is 3.33. The third kappa shape index (κ3) is 2.81. The lowest BCUT2D eigenvalue weighted by molar-refractivity contribution is -0.116. The van der Waals surface area contributed by atoms with Gasteiger partial charge in [-0.05, 0) is 42.8 Å². The van der Waals surface area contributed by atoms with Gasteiger partial charge in [-0.15, -0.1) is 0 Å². The molecule has 0 radical (unpaired) electrons. The SMILES string of the molecule is CCc1nc2ccccc2n1CC(=O)Nc1ccc(C)c2ncccc12. The fourth-order valence-electron chi connectivity index (χ4n) is 3.33. The minimum Gasteiger partial charge on any atom is -0.324 e. The van der Waals surface area contributed by atoms with Crippen molar-refractivity contribution in [3.8, 4) is 0 Å². The standard InChI is InChI=1S/C21H20N4O/c1-3-19-23-17-8-4-5-9-18(17)25(19)13-20(26)24-16-11-10-14(2)21-15(16)7-6-12-22-21/h4-12H,3,13H2,1-2H3,(H,24,26). The highest BCUT2D eigenvalue weighted by atomic mass is 16.1. The summed E-state index contributed by atoms with van der Waals surface area (Å²) in [6.45, 7) is 4.31. The Kier molecular flexibility index (Phi) is 4.13. The number of pyridine rings is 1. The lowest BCUT2D eigenvalue weighted by Crippen LogP contribution is -2.20. The first kappa shape index (κ1) is 16.3. The number of carbonyl (C=O) groups is 1. The van der Waals surface area contributed by atoms with E-state index in [2.05, 4.69) is 22.2 Å². The van der Waals surface area contributed by atoms with Crippen LogP contribution in [0.5, 0.6) is 0 Å². The third-order valence-corrected chi connectivity index (χ3v) is 4.60. The fraction of sp³-hybridized carbons (Fsp3) is 0.190. The van der Waals surface area contributed by atoms with Crippen molar-refractivity contribution >= 4 is 33.5 Å². The number of aromatic nitrogens is 3. The molecule has 5 heteroatoms. The van der Waals surface area contributed by atoms with Crippen LogP contribution in [0.2, 0.25) is 0 Å². The number of nitrogens with one attached hydrogen (secondary N) is 1. The van der Waals surface area contributed by atoms with Gasteiger partial charge in [-0.1, -0.05) is 25.1 Å². The number of nitrogens with zero attached hydrogens (tertiary/aromatic N) is 3. The van der Waals surface area contributed by atoms with Gasteiger partial charge in [-0.2, -0.15) is 0 Å². The maximum absolute atomic E-state index is 12.7. The summed E-state index contributed by atoms with van der Waals surface area (Å²) in [5.74, 6) is 0.841. The van der Waals surface area contributed by atoms with Crippen molar-refractivity contribution in [3.63, 3.8) is 0 Å². The molecule has 130 valence electrons. The van der Waals surface area contributed by atoms with Crippen LogP contribution in [0.15, 0.2) is 54.7 Å². The van der Waals surface area contributed by atoms with Crippen LogP contribution < -0.4 is 5.32 Å². The molecule has 0 aliphatic heterocycles. The molecular weight excluding hydrogens is 324 g/mol. The zero-order valence-electron chi connectivity index (χ0n) is 14.9. The van der Waals surface area contributed by atoms with E-state index in [0.29, 0.717) is 0 Å². The van der Waals surface area contributed by atoms with E-state index in [1.807, 2.05) is 60.0 Å². The van der Waals surface area contributed by atoms with Crippen molar-refractivity contribution in [1.82, 2.24) is 14.5 Å². The third-order valence-electron chi connectivity index (χ3n) is 4.60. The topological polar surface area (TPSA) is 59.8 Å². The van der Waals surface area contributed by atoms with Crippen molar-refractivity contribution < 1.29 is 4.79 Å². The Morgan fingerprint density at radius 1 is 1.12 bits per heavy atom. The van der Waals surface area contributed by atoms with Crippen LogP contribution in [0.4, 0.5) is 5.69 Å². The van der Waals surface area contributed by atoms with Crippen LogP contribution in [0.25, 0.3) is 21.9 Å². The number of anilines is 1. The Morgan fingerprint density at radius 3 is 2.81 bits per heavy atom. The smallest absolute Gasteiger partial charge is 0.244 e. The second-order valence-electron chi connectivity index (χ2n) is 6.33. The van der Waals surface area contributed by atoms with E-state index >= 15 is 0 Å². The highest BCUT2D eigenvalue weighted by molar-refractivity contribution is 6.02. The lowest BCUT2D eigenvalue weighted by Gasteiger charge is -2.12. The molecule has 0 spiro atoms. The Hall–Kier alpha value is -3.21. The minimum atomic E-state index is -0.0724. The molecule has 0 unspecified atom stereocenters. The average molecular weight is 344 g/mol. The predicted octanol–water partition coefficient (Wildman–Crippen LogP) is 4.09. The van der Waals surface area contributed by atoms with Crippen molar-refractivity contribution in [2.24, 2.45) is 0 Å². The zero-order chi connectivity index (χ0) is 18.1. The van der Waals surface area contributed by atoms with Gasteiger partial charge in [-0.3, -0.25) is 9.78 Å². The van der Waals surface area contributed by atoms with Crippen molar-refractivity contribution in [2.75, 3.05) is 5.32 Å². The molecule has 26 heavy (non-hydrogen) atoms. The summed E-state index contributed by atoms with van der Waals surface area (Å²) in [6, 6.07) is 15.7. The molecule has 0 bridgehead atoms.